The van der Waals surface area contributed by atoms with Crippen molar-refractivity contribution in [3.05, 3.63) is 12.7 Å². The number of nitrogens with zero attached hydrogens (tertiary/aromatic N) is 3. The molecule has 1 saturated heterocycles. The molecule has 28 heavy (non-hydrogen) atoms. The molecule has 7 heteroatoms. The van der Waals surface area contributed by atoms with E-state index in [-0.39, 0.29) is 12.0 Å². The molecule has 0 bridgehead atoms. The largest absolute Gasteiger partial charge is 0.444 e. The first-order chi connectivity index (χ1) is 13.1. The van der Waals surface area contributed by atoms with Gasteiger partial charge in [0.25, 0.3) is 0 Å². The molecule has 2 N–H and O–H groups in total. The lowest BCUT2D eigenvalue weighted by atomic mass is 10.1. The lowest BCUT2D eigenvalue weighted by Crippen LogP contribution is -2.48. The Morgan fingerprint density at radius 2 is 2.04 bits per heavy atom. The Morgan fingerprint density at radius 1 is 1.39 bits per heavy atom. The Kier molecular flexibility index (Phi) is 10.4. The van der Waals surface area contributed by atoms with Crippen LogP contribution in [-0.4, -0.2) is 79.8 Å². The lowest BCUT2D eigenvalue weighted by molar-refractivity contribution is 0.0279. The van der Waals surface area contributed by atoms with Crippen LogP contribution >= 0.6 is 0 Å². The number of carbonyl (C=O) groups excluding carboxylic acids is 1. The van der Waals surface area contributed by atoms with E-state index in [1.54, 1.807) is 11.9 Å². The number of guanidine groups is 1. The maximum absolute atomic E-state index is 12.1. The fourth-order valence-electron chi connectivity index (χ4n) is 3.14. The first kappa shape index (κ1) is 24.3. The van der Waals surface area contributed by atoms with Gasteiger partial charge in [0.2, 0.25) is 0 Å². The zero-order valence-corrected chi connectivity index (χ0v) is 18.8. The third-order valence-corrected chi connectivity index (χ3v) is 4.51. The van der Waals surface area contributed by atoms with Crippen molar-refractivity contribution in [1.82, 2.24) is 20.4 Å². The summed E-state index contributed by atoms with van der Waals surface area (Å²) in [6.45, 7) is 18.8. The number of carbonyl (C=O) groups is 1. The fourth-order valence-corrected chi connectivity index (χ4v) is 3.14. The summed E-state index contributed by atoms with van der Waals surface area (Å²) in [6.07, 6.45) is 3.89. The molecule has 1 aliphatic rings. The molecule has 1 unspecified atom stereocenters. The molecule has 0 radical (unpaired) electrons. The van der Waals surface area contributed by atoms with E-state index in [0.29, 0.717) is 19.1 Å². The van der Waals surface area contributed by atoms with Crippen LogP contribution in [0.2, 0.25) is 0 Å². The van der Waals surface area contributed by atoms with Crippen LogP contribution in [0.4, 0.5) is 4.79 Å². The number of hydrogen-bond acceptors (Lipinski definition) is 4. The Bertz CT molecular complexity index is 507. The first-order valence-electron chi connectivity index (χ1n) is 10.5. The zero-order valence-electron chi connectivity index (χ0n) is 18.8. The van der Waals surface area contributed by atoms with Crippen LogP contribution in [0.25, 0.3) is 0 Å². The van der Waals surface area contributed by atoms with Crippen LogP contribution in [0.15, 0.2) is 17.6 Å². The summed E-state index contributed by atoms with van der Waals surface area (Å²) in [5.74, 6) is 1.10. The quantitative estimate of drug-likeness (QED) is 0.376. The monoisotopic (exact) mass is 395 g/mol. The molecular weight excluding hydrogens is 354 g/mol. The second-order valence-corrected chi connectivity index (χ2v) is 8.69. The SMILES string of the molecule is C=CCN1CCC(NC(=NCC(C)CN(C)C(=O)OC(C)(C)C)NCC)CC1. The molecule has 7 nitrogen and oxygen atoms in total. The van der Waals surface area contributed by atoms with Gasteiger partial charge in [-0.15, -0.1) is 6.58 Å². The standard InChI is InChI=1S/C21H41N5O2/c1-8-12-26-13-10-18(11-14-26)24-19(22-9-2)23-15-17(3)16-25(7)20(27)28-21(4,5)6/h8,17-18H,1,9-16H2,2-7H3,(H2,22,23,24). The molecule has 0 aromatic heterocycles. The van der Waals surface area contributed by atoms with Crippen molar-refractivity contribution in [1.29, 1.82) is 0 Å². The highest BCUT2D eigenvalue weighted by atomic mass is 16.6. The summed E-state index contributed by atoms with van der Waals surface area (Å²) in [7, 11) is 1.77. The van der Waals surface area contributed by atoms with Crippen LogP contribution in [0, 0.1) is 5.92 Å². The molecule has 0 aromatic rings. The van der Waals surface area contributed by atoms with Crippen molar-refractivity contribution in [3.63, 3.8) is 0 Å². The topological polar surface area (TPSA) is 69.2 Å². The zero-order chi connectivity index (χ0) is 21.2. The number of ether oxygens (including phenoxy) is 1. The predicted molar refractivity (Wildman–Crippen MR) is 117 cm³/mol. The highest BCUT2D eigenvalue weighted by Gasteiger charge is 2.21. The van der Waals surface area contributed by atoms with Gasteiger partial charge in [0.15, 0.2) is 5.96 Å². The number of rotatable bonds is 8. The summed E-state index contributed by atoms with van der Waals surface area (Å²) in [6, 6.07) is 0.443. The van der Waals surface area contributed by atoms with Crippen LogP contribution in [0.3, 0.4) is 0 Å². The average Bonchev–Trinajstić information content (AvgIpc) is 2.60. The predicted octanol–water partition coefficient (Wildman–Crippen LogP) is 2.69. The molecule has 0 aromatic carbocycles. The van der Waals surface area contributed by atoms with E-state index in [1.165, 1.54) is 0 Å². The van der Waals surface area contributed by atoms with E-state index in [9.17, 15) is 4.79 Å². The highest BCUT2D eigenvalue weighted by molar-refractivity contribution is 5.80. The molecular formula is C21H41N5O2. The maximum atomic E-state index is 12.1. The minimum absolute atomic E-state index is 0.238. The Hall–Kier alpha value is -1.76. The van der Waals surface area contributed by atoms with E-state index < -0.39 is 5.60 Å². The number of piperidine rings is 1. The van der Waals surface area contributed by atoms with Crippen molar-refractivity contribution in [2.24, 2.45) is 10.9 Å². The lowest BCUT2D eigenvalue weighted by Gasteiger charge is -2.32. The summed E-state index contributed by atoms with van der Waals surface area (Å²) >= 11 is 0. The molecule has 0 spiro atoms. The van der Waals surface area contributed by atoms with Crippen LogP contribution < -0.4 is 10.6 Å². The van der Waals surface area contributed by atoms with Gasteiger partial charge in [-0.1, -0.05) is 13.0 Å². The molecule has 1 atom stereocenters. The summed E-state index contributed by atoms with van der Waals surface area (Å²) in [5, 5.41) is 6.90. The smallest absolute Gasteiger partial charge is 0.410 e. The van der Waals surface area contributed by atoms with Gasteiger partial charge in [0.05, 0.1) is 0 Å². The van der Waals surface area contributed by atoms with Crippen molar-refractivity contribution in [2.45, 2.75) is 59.1 Å². The molecule has 1 aliphatic heterocycles. The highest BCUT2D eigenvalue weighted by Crippen LogP contribution is 2.11. The van der Waals surface area contributed by atoms with Crippen LogP contribution in [-0.2, 0) is 4.74 Å². The van der Waals surface area contributed by atoms with Crippen LogP contribution in [0.5, 0.6) is 0 Å². The first-order valence-corrected chi connectivity index (χ1v) is 10.5. The minimum Gasteiger partial charge on any atom is -0.444 e. The van der Waals surface area contributed by atoms with Gasteiger partial charge in [-0.2, -0.15) is 0 Å². The number of nitrogens with one attached hydrogen (secondary N) is 2. The second kappa shape index (κ2) is 11.9. The molecule has 0 saturated carbocycles. The van der Waals surface area contributed by atoms with Crippen molar-refractivity contribution in [2.75, 3.05) is 46.3 Å². The number of likely N-dealkylation sites (tertiary alicyclic amines) is 1. The molecule has 1 amide bonds. The molecule has 1 rings (SSSR count). The van der Waals surface area contributed by atoms with E-state index in [2.05, 4.69) is 36.0 Å². The average molecular weight is 396 g/mol. The molecule has 1 heterocycles. The minimum atomic E-state index is -0.476. The normalized spacial score (nSPS) is 17.7. The number of amides is 1. The fraction of sp³-hybridized carbons (Fsp3) is 0.810. The summed E-state index contributed by atoms with van der Waals surface area (Å²) < 4.78 is 5.41. The van der Waals surface area contributed by atoms with E-state index in [1.807, 2.05) is 26.8 Å². The molecule has 0 aliphatic carbocycles. The third-order valence-electron chi connectivity index (χ3n) is 4.51. The maximum Gasteiger partial charge on any atom is 0.410 e. The van der Waals surface area contributed by atoms with Gasteiger partial charge in [0, 0.05) is 52.4 Å². The van der Waals surface area contributed by atoms with Crippen molar-refractivity contribution < 1.29 is 9.53 Å². The molecule has 162 valence electrons. The summed E-state index contributed by atoms with van der Waals surface area (Å²) in [4.78, 5) is 20.9. The van der Waals surface area contributed by atoms with Gasteiger partial charge in [-0.25, -0.2) is 4.79 Å². The molecule has 1 fully saturated rings. The van der Waals surface area contributed by atoms with Crippen molar-refractivity contribution in [3.8, 4) is 0 Å². The Morgan fingerprint density at radius 3 is 2.57 bits per heavy atom. The Balaban J connectivity index is 2.48. The van der Waals surface area contributed by atoms with Crippen molar-refractivity contribution >= 4 is 12.1 Å². The van der Waals surface area contributed by atoms with E-state index in [4.69, 9.17) is 9.73 Å². The van der Waals surface area contributed by atoms with Crippen LogP contribution in [0.1, 0.15) is 47.5 Å². The third kappa shape index (κ3) is 9.97. The van der Waals surface area contributed by atoms with E-state index in [0.717, 1.165) is 45.0 Å². The van der Waals surface area contributed by atoms with Gasteiger partial charge in [-0.3, -0.25) is 9.89 Å². The number of aliphatic imine (C=N–C) groups is 1. The van der Waals surface area contributed by atoms with Gasteiger partial charge in [0.1, 0.15) is 5.60 Å². The number of hydrogen-bond donors (Lipinski definition) is 2. The van der Waals surface area contributed by atoms with Gasteiger partial charge in [-0.05, 0) is 46.5 Å². The van der Waals surface area contributed by atoms with E-state index >= 15 is 0 Å². The van der Waals surface area contributed by atoms with Gasteiger partial charge >= 0.3 is 6.09 Å². The second-order valence-electron chi connectivity index (χ2n) is 8.69. The summed E-state index contributed by atoms with van der Waals surface area (Å²) in [5.41, 5.74) is -0.476. The Labute approximate surface area is 171 Å². The van der Waals surface area contributed by atoms with Gasteiger partial charge < -0.3 is 20.3 Å².